The number of unbranched alkanes of at least 4 members (excludes halogenated alkanes) is 3. The third-order valence-corrected chi connectivity index (χ3v) is 8.62. The molecule has 3 N–H and O–H groups in total. The Morgan fingerprint density at radius 2 is 1.57 bits per heavy atom. The first-order valence-corrected chi connectivity index (χ1v) is 17.5. The maximum absolute atomic E-state index is 12.0. The van der Waals surface area contributed by atoms with Gasteiger partial charge in [-0.2, -0.15) is 0 Å². The number of rotatable bonds is 20. The molecule has 0 aliphatic carbocycles. The molecular formula is C37H48Cl2N4O3. The van der Waals surface area contributed by atoms with Crippen molar-refractivity contribution in [2.24, 2.45) is 0 Å². The minimum atomic E-state index is -0.366. The standard InChI is InChI=1S/C37H48Cl2N4O3/c1-29-34-10-4-5-11-35(34)43(36(29)31-14-18-33(44)19-15-31)25-7-3-2-6-22-40-24-28-46-37(45)41-23-8-9-30-12-16-32(17-13-30)42(26-20-38)27-21-39/h4-5,10-19,40,44H,2-3,6-9,20-28H2,1H3,(H,41,45). The zero-order chi connectivity index (χ0) is 32.6. The fraction of sp³-hybridized carbons (Fsp3) is 0.432. The van der Waals surface area contributed by atoms with Crippen LogP contribution in [0.5, 0.6) is 5.75 Å². The summed E-state index contributed by atoms with van der Waals surface area (Å²) in [5.41, 5.74) is 7.24. The van der Waals surface area contributed by atoms with E-state index in [2.05, 4.69) is 75.6 Å². The number of phenols is 1. The largest absolute Gasteiger partial charge is 0.508 e. The monoisotopic (exact) mass is 666 g/mol. The Balaban J connectivity index is 1.05. The Morgan fingerprint density at radius 3 is 2.30 bits per heavy atom. The number of hydrogen-bond acceptors (Lipinski definition) is 5. The smallest absolute Gasteiger partial charge is 0.407 e. The zero-order valence-electron chi connectivity index (χ0n) is 26.9. The molecule has 0 radical (unpaired) electrons. The van der Waals surface area contributed by atoms with Crippen molar-refractivity contribution in [1.29, 1.82) is 0 Å². The average molecular weight is 668 g/mol. The fourth-order valence-corrected chi connectivity index (χ4v) is 6.30. The molecule has 3 aromatic carbocycles. The van der Waals surface area contributed by atoms with Crippen molar-refractivity contribution in [2.75, 3.05) is 56.0 Å². The Bertz CT molecular complexity index is 1470. The number of alkyl carbamates (subject to hydrolysis) is 1. The normalized spacial score (nSPS) is 11.2. The molecule has 0 saturated heterocycles. The lowest BCUT2D eigenvalue weighted by Crippen LogP contribution is -2.29. The molecule has 1 aromatic heterocycles. The first kappa shape index (κ1) is 35.5. The van der Waals surface area contributed by atoms with Gasteiger partial charge in [-0.15, -0.1) is 23.2 Å². The summed E-state index contributed by atoms with van der Waals surface area (Å²) >= 11 is 11.8. The number of carbonyl (C=O) groups excluding carboxylic acids is 1. The number of hydrogen-bond donors (Lipinski definition) is 3. The summed E-state index contributed by atoms with van der Waals surface area (Å²) in [6.07, 6.45) is 5.83. The Kier molecular flexibility index (Phi) is 14.9. The van der Waals surface area contributed by atoms with Gasteiger partial charge in [-0.05, 0) is 98.3 Å². The van der Waals surface area contributed by atoms with E-state index in [-0.39, 0.29) is 11.8 Å². The van der Waals surface area contributed by atoms with E-state index in [0.717, 1.165) is 76.0 Å². The Labute approximate surface area is 283 Å². The summed E-state index contributed by atoms with van der Waals surface area (Å²) < 4.78 is 7.74. The predicted octanol–water partition coefficient (Wildman–Crippen LogP) is 8.12. The van der Waals surface area contributed by atoms with Crippen LogP contribution in [-0.2, 0) is 17.7 Å². The number of anilines is 1. The highest BCUT2D eigenvalue weighted by atomic mass is 35.5. The summed E-state index contributed by atoms with van der Waals surface area (Å²) in [7, 11) is 0. The third kappa shape index (κ3) is 10.6. The van der Waals surface area contributed by atoms with Crippen molar-refractivity contribution in [3.05, 3.63) is 83.9 Å². The first-order valence-electron chi connectivity index (χ1n) is 16.5. The molecule has 0 fully saturated rings. The second-order valence-electron chi connectivity index (χ2n) is 11.6. The lowest BCUT2D eigenvalue weighted by molar-refractivity contribution is 0.146. The number of aryl methyl sites for hydroxylation is 3. The van der Waals surface area contributed by atoms with Crippen molar-refractivity contribution < 1.29 is 14.6 Å². The van der Waals surface area contributed by atoms with Crippen LogP contribution < -0.4 is 15.5 Å². The van der Waals surface area contributed by atoms with E-state index < -0.39 is 0 Å². The number of nitrogens with one attached hydrogen (secondary N) is 2. The second-order valence-corrected chi connectivity index (χ2v) is 12.3. The van der Waals surface area contributed by atoms with Crippen LogP contribution in [0.4, 0.5) is 10.5 Å². The van der Waals surface area contributed by atoms with Gasteiger partial charge in [0, 0.05) is 61.1 Å². The van der Waals surface area contributed by atoms with E-state index in [1.807, 2.05) is 12.1 Å². The lowest BCUT2D eigenvalue weighted by Gasteiger charge is -2.23. The minimum absolute atomic E-state index is 0.284. The Hall–Kier alpha value is -3.39. The quantitative estimate of drug-likeness (QED) is 0.0656. The Morgan fingerprint density at radius 1 is 0.848 bits per heavy atom. The summed E-state index contributed by atoms with van der Waals surface area (Å²) in [6, 6.07) is 24.5. The molecule has 9 heteroatoms. The maximum atomic E-state index is 12.0. The molecule has 0 atom stereocenters. The highest BCUT2D eigenvalue weighted by molar-refractivity contribution is 6.18. The zero-order valence-corrected chi connectivity index (χ0v) is 28.5. The van der Waals surface area contributed by atoms with Crippen molar-refractivity contribution in [3.8, 4) is 17.0 Å². The topological polar surface area (TPSA) is 78.8 Å². The number of aromatic nitrogens is 1. The average Bonchev–Trinajstić information content (AvgIpc) is 3.35. The van der Waals surface area contributed by atoms with Gasteiger partial charge in [0.05, 0.1) is 5.69 Å². The molecule has 1 heterocycles. The molecular weight excluding hydrogens is 619 g/mol. The first-order chi connectivity index (χ1) is 22.5. The van der Waals surface area contributed by atoms with Crippen LogP contribution in [0.2, 0.25) is 0 Å². The predicted molar refractivity (Wildman–Crippen MR) is 193 cm³/mol. The number of fused-ring (bicyclic) bond motifs is 1. The second kappa shape index (κ2) is 19.3. The number of nitrogens with zero attached hydrogens (tertiary/aromatic N) is 2. The molecule has 1 amide bonds. The van der Waals surface area contributed by atoms with Gasteiger partial charge in [-0.25, -0.2) is 4.79 Å². The SMILES string of the molecule is Cc1c(-c2ccc(O)cc2)n(CCCCCCNCCOC(=O)NCCCc2ccc(N(CCCl)CCCl)cc2)c2ccccc12. The number of ether oxygens (including phenoxy) is 1. The molecule has 4 aromatic rings. The van der Waals surface area contributed by atoms with Crippen LogP contribution >= 0.6 is 23.2 Å². The molecule has 4 rings (SSSR count). The molecule has 0 bridgehead atoms. The van der Waals surface area contributed by atoms with Crippen LogP contribution in [0, 0.1) is 6.92 Å². The summed E-state index contributed by atoms with van der Waals surface area (Å²) in [6.45, 7) is 7.17. The highest BCUT2D eigenvalue weighted by Crippen LogP contribution is 2.34. The van der Waals surface area contributed by atoms with Crippen LogP contribution in [-0.4, -0.2) is 66.9 Å². The van der Waals surface area contributed by atoms with Crippen molar-refractivity contribution in [2.45, 2.75) is 52.0 Å². The van der Waals surface area contributed by atoms with Crippen molar-refractivity contribution >= 4 is 45.9 Å². The van der Waals surface area contributed by atoms with Gasteiger partial charge < -0.3 is 29.9 Å². The molecule has 7 nitrogen and oxygen atoms in total. The highest BCUT2D eigenvalue weighted by Gasteiger charge is 2.15. The number of aromatic hydroxyl groups is 1. The van der Waals surface area contributed by atoms with Crippen LogP contribution in [0.3, 0.4) is 0 Å². The number of benzene rings is 3. The summed E-state index contributed by atoms with van der Waals surface area (Å²) in [4.78, 5) is 14.2. The molecule has 0 saturated carbocycles. The van der Waals surface area contributed by atoms with Gasteiger partial charge in [0.15, 0.2) is 0 Å². The summed E-state index contributed by atoms with van der Waals surface area (Å²) in [5, 5.41) is 17.3. The molecule has 0 aliphatic heterocycles. The number of phenolic OH excluding ortho intramolecular Hbond substituents is 1. The maximum Gasteiger partial charge on any atom is 0.407 e. The van der Waals surface area contributed by atoms with E-state index in [1.54, 1.807) is 12.1 Å². The molecule has 0 unspecified atom stereocenters. The number of carbonyl (C=O) groups is 1. The van der Waals surface area contributed by atoms with Crippen LogP contribution in [0.1, 0.15) is 43.2 Å². The van der Waals surface area contributed by atoms with E-state index in [9.17, 15) is 9.90 Å². The number of para-hydroxylation sites is 1. The summed E-state index contributed by atoms with van der Waals surface area (Å²) in [5.74, 6) is 1.41. The molecule has 248 valence electrons. The minimum Gasteiger partial charge on any atom is -0.508 e. The van der Waals surface area contributed by atoms with Gasteiger partial charge in [-0.1, -0.05) is 43.2 Å². The van der Waals surface area contributed by atoms with E-state index in [1.165, 1.54) is 27.7 Å². The lowest BCUT2D eigenvalue weighted by atomic mass is 10.1. The number of amides is 1. The third-order valence-electron chi connectivity index (χ3n) is 8.28. The molecule has 0 spiro atoms. The van der Waals surface area contributed by atoms with Gasteiger partial charge in [0.1, 0.15) is 12.4 Å². The van der Waals surface area contributed by atoms with E-state index in [4.69, 9.17) is 27.9 Å². The van der Waals surface area contributed by atoms with Gasteiger partial charge >= 0.3 is 6.09 Å². The van der Waals surface area contributed by atoms with Gasteiger partial charge in [-0.3, -0.25) is 0 Å². The molecule has 46 heavy (non-hydrogen) atoms. The fourth-order valence-electron chi connectivity index (χ4n) is 5.90. The van der Waals surface area contributed by atoms with Crippen LogP contribution in [0.15, 0.2) is 72.8 Å². The van der Waals surface area contributed by atoms with Crippen LogP contribution in [0.25, 0.3) is 22.2 Å². The number of alkyl halides is 2. The van der Waals surface area contributed by atoms with Crippen molar-refractivity contribution in [1.82, 2.24) is 15.2 Å². The van der Waals surface area contributed by atoms with Crippen molar-refractivity contribution in [3.63, 3.8) is 0 Å². The number of halogens is 2. The van der Waals surface area contributed by atoms with E-state index >= 15 is 0 Å². The molecule has 0 aliphatic rings. The van der Waals surface area contributed by atoms with Gasteiger partial charge in [0.25, 0.3) is 0 Å². The van der Waals surface area contributed by atoms with E-state index in [0.29, 0.717) is 31.5 Å². The van der Waals surface area contributed by atoms with Gasteiger partial charge in [0.2, 0.25) is 0 Å².